The molecular weight excluding hydrogens is 275 g/mol. The zero-order chi connectivity index (χ0) is 16.0. The van der Waals surface area contributed by atoms with Gasteiger partial charge in [-0.1, -0.05) is 6.07 Å². The average molecular weight is 298 g/mol. The molecule has 0 fully saturated rings. The van der Waals surface area contributed by atoms with Gasteiger partial charge in [0.05, 0.1) is 12.6 Å². The summed E-state index contributed by atoms with van der Waals surface area (Å²) >= 11 is 0. The van der Waals surface area contributed by atoms with E-state index in [1.165, 1.54) is 6.07 Å². The fraction of sp³-hybridized carbons (Fsp3) is 0.533. The van der Waals surface area contributed by atoms with Gasteiger partial charge in [0.1, 0.15) is 5.75 Å². The van der Waals surface area contributed by atoms with Crippen LogP contribution < -0.4 is 10.6 Å². The molecule has 0 saturated carbocycles. The summed E-state index contributed by atoms with van der Waals surface area (Å²) in [6.45, 7) is 7.24. The molecule has 0 heterocycles. The maximum Gasteiger partial charge on any atom is 0.342 e. The first-order chi connectivity index (χ1) is 9.96. The van der Waals surface area contributed by atoms with Gasteiger partial charge in [0.25, 0.3) is 0 Å². The molecule has 3 N–H and O–H groups in total. The number of phenolic OH excluding ortho intramolecular Hbond substituents is 1. The minimum absolute atomic E-state index is 0.0822. The van der Waals surface area contributed by atoms with Crippen LogP contribution in [0.1, 0.15) is 32.4 Å². The predicted octanol–water partition coefficient (Wildman–Crippen LogP) is 2.14. The number of halogens is 1. The third kappa shape index (κ3) is 4.07. The van der Waals surface area contributed by atoms with Crippen LogP contribution in [0, 0.1) is 0 Å². The van der Waals surface area contributed by atoms with Crippen LogP contribution in [0.3, 0.4) is 0 Å². The summed E-state index contributed by atoms with van der Waals surface area (Å²) < 4.78 is 18.5. The number of alkyl halides is 1. The van der Waals surface area contributed by atoms with Gasteiger partial charge >= 0.3 is 5.97 Å². The molecule has 6 heteroatoms. The molecule has 1 unspecified atom stereocenters. The second kappa shape index (κ2) is 7.83. The van der Waals surface area contributed by atoms with Crippen LogP contribution in [0.25, 0.3) is 0 Å². The zero-order valence-electron chi connectivity index (χ0n) is 12.7. The number of carbonyl (C=O) groups is 1. The van der Waals surface area contributed by atoms with Gasteiger partial charge in [0.2, 0.25) is 6.17 Å². The van der Waals surface area contributed by atoms with E-state index in [1.807, 2.05) is 18.7 Å². The van der Waals surface area contributed by atoms with Gasteiger partial charge in [-0.15, -0.1) is 0 Å². The number of benzene rings is 1. The Morgan fingerprint density at radius 3 is 2.48 bits per heavy atom. The van der Waals surface area contributed by atoms with Gasteiger partial charge in [-0.05, 0) is 26.8 Å². The zero-order valence-corrected chi connectivity index (χ0v) is 12.7. The third-order valence-corrected chi connectivity index (χ3v) is 3.33. The standard InChI is InChI=1S/C15H23FN2O3/c1-4-18(5-2)10-7-8-11(12(19)9-10)14(17)13(16)15(20)21-6-3/h7-9,13-14,19H,4-6,17H2,1-3H3/t13?,14-/m1/s1. The van der Waals surface area contributed by atoms with Gasteiger partial charge in [-0.25, -0.2) is 9.18 Å². The van der Waals surface area contributed by atoms with E-state index >= 15 is 0 Å². The summed E-state index contributed by atoms with van der Waals surface area (Å²) in [7, 11) is 0. The van der Waals surface area contributed by atoms with Crippen molar-refractivity contribution >= 4 is 11.7 Å². The number of hydrogen-bond acceptors (Lipinski definition) is 5. The lowest BCUT2D eigenvalue weighted by Gasteiger charge is -2.23. The number of hydrogen-bond donors (Lipinski definition) is 2. The highest BCUT2D eigenvalue weighted by Gasteiger charge is 2.29. The lowest BCUT2D eigenvalue weighted by atomic mass is 10.0. The van der Waals surface area contributed by atoms with E-state index in [1.54, 1.807) is 19.1 Å². The van der Waals surface area contributed by atoms with E-state index in [4.69, 9.17) is 5.73 Å². The van der Waals surface area contributed by atoms with Crippen LogP contribution in [-0.2, 0) is 9.53 Å². The summed E-state index contributed by atoms with van der Waals surface area (Å²) in [5, 5.41) is 10.0. The van der Waals surface area contributed by atoms with Gasteiger partial charge in [-0.3, -0.25) is 0 Å². The van der Waals surface area contributed by atoms with Crippen LogP contribution >= 0.6 is 0 Å². The lowest BCUT2D eigenvalue weighted by Crippen LogP contribution is -2.31. The molecule has 0 aliphatic carbocycles. The molecule has 0 radical (unpaired) electrons. The molecule has 1 aromatic carbocycles. The highest BCUT2D eigenvalue weighted by Crippen LogP contribution is 2.30. The van der Waals surface area contributed by atoms with E-state index < -0.39 is 18.2 Å². The Kier molecular flexibility index (Phi) is 6.42. The van der Waals surface area contributed by atoms with Crippen molar-refractivity contribution in [2.24, 2.45) is 5.73 Å². The van der Waals surface area contributed by atoms with E-state index in [9.17, 15) is 14.3 Å². The normalized spacial score (nSPS) is 13.6. The molecular formula is C15H23FN2O3. The molecule has 0 aliphatic rings. The van der Waals surface area contributed by atoms with E-state index in [-0.39, 0.29) is 17.9 Å². The molecule has 0 saturated heterocycles. The average Bonchev–Trinajstić information content (AvgIpc) is 2.47. The molecule has 1 aromatic rings. The van der Waals surface area contributed by atoms with Crippen molar-refractivity contribution in [3.8, 4) is 5.75 Å². The number of nitrogens with two attached hydrogens (primary N) is 1. The largest absolute Gasteiger partial charge is 0.508 e. The number of phenols is 1. The van der Waals surface area contributed by atoms with Crippen LogP contribution in [0.2, 0.25) is 0 Å². The first-order valence-electron chi connectivity index (χ1n) is 7.10. The van der Waals surface area contributed by atoms with Gasteiger partial charge in [-0.2, -0.15) is 0 Å². The number of esters is 1. The first kappa shape index (κ1) is 17.2. The number of ether oxygens (including phenoxy) is 1. The van der Waals surface area contributed by atoms with Gasteiger partial charge < -0.3 is 20.5 Å². The number of anilines is 1. The van der Waals surface area contributed by atoms with Crippen LogP contribution in [-0.4, -0.2) is 36.9 Å². The molecule has 0 spiro atoms. The Hall–Kier alpha value is -1.82. The fourth-order valence-corrected chi connectivity index (χ4v) is 2.13. The quantitative estimate of drug-likeness (QED) is 0.754. The second-order valence-corrected chi connectivity index (χ2v) is 4.60. The smallest absolute Gasteiger partial charge is 0.342 e. The van der Waals surface area contributed by atoms with Crippen LogP contribution in [0.5, 0.6) is 5.75 Å². The first-order valence-corrected chi connectivity index (χ1v) is 7.10. The van der Waals surface area contributed by atoms with Crippen molar-refractivity contribution in [1.82, 2.24) is 0 Å². The fourth-order valence-electron chi connectivity index (χ4n) is 2.13. The molecule has 2 atom stereocenters. The molecule has 0 amide bonds. The molecule has 0 aliphatic heterocycles. The minimum Gasteiger partial charge on any atom is -0.508 e. The number of nitrogens with zero attached hydrogens (tertiary/aromatic N) is 1. The molecule has 0 bridgehead atoms. The maximum atomic E-state index is 13.9. The number of aromatic hydroxyl groups is 1. The van der Waals surface area contributed by atoms with Gasteiger partial charge in [0.15, 0.2) is 0 Å². The summed E-state index contributed by atoms with van der Waals surface area (Å²) in [6, 6.07) is 3.56. The van der Waals surface area contributed by atoms with E-state index in [0.717, 1.165) is 18.8 Å². The summed E-state index contributed by atoms with van der Waals surface area (Å²) in [4.78, 5) is 13.4. The monoisotopic (exact) mass is 298 g/mol. The predicted molar refractivity (Wildman–Crippen MR) is 80.1 cm³/mol. The molecule has 5 nitrogen and oxygen atoms in total. The Morgan fingerprint density at radius 1 is 1.38 bits per heavy atom. The second-order valence-electron chi connectivity index (χ2n) is 4.60. The summed E-state index contributed by atoms with van der Waals surface area (Å²) in [6.07, 6.45) is -2.00. The Labute approximate surface area is 124 Å². The van der Waals surface area contributed by atoms with Crippen molar-refractivity contribution in [2.75, 3.05) is 24.6 Å². The Morgan fingerprint density at radius 2 is 2.00 bits per heavy atom. The third-order valence-electron chi connectivity index (χ3n) is 3.33. The molecule has 21 heavy (non-hydrogen) atoms. The van der Waals surface area contributed by atoms with E-state index in [2.05, 4.69) is 4.74 Å². The number of carbonyl (C=O) groups excluding carboxylic acids is 1. The SMILES string of the molecule is CCOC(=O)C(F)[C@H](N)c1ccc(N(CC)CC)cc1O. The highest BCUT2D eigenvalue weighted by atomic mass is 19.1. The van der Waals surface area contributed by atoms with Crippen molar-refractivity contribution in [3.63, 3.8) is 0 Å². The van der Waals surface area contributed by atoms with Crippen LogP contribution in [0.4, 0.5) is 10.1 Å². The minimum atomic E-state index is -2.00. The Bertz CT molecular complexity index is 478. The summed E-state index contributed by atoms with van der Waals surface area (Å²) in [5.41, 5.74) is 6.72. The number of rotatable bonds is 7. The molecule has 1 rings (SSSR count). The van der Waals surface area contributed by atoms with Crippen molar-refractivity contribution in [3.05, 3.63) is 23.8 Å². The lowest BCUT2D eigenvalue weighted by molar-refractivity contribution is -0.149. The van der Waals surface area contributed by atoms with Crippen molar-refractivity contribution in [2.45, 2.75) is 33.0 Å². The Balaban J connectivity index is 2.96. The van der Waals surface area contributed by atoms with E-state index in [0.29, 0.717) is 0 Å². The van der Waals surface area contributed by atoms with Crippen LogP contribution in [0.15, 0.2) is 18.2 Å². The molecule has 118 valence electrons. The topological polar surface area (TPSA) is 75.8 Å². The molecule has 0 aromatic heterocycles. The maximum absolute atomic E-state index is 13.9. The van der Waals surface area contributed by atoms with Gasteiger partial charge in [0, 0.05) is 30.4 Å². The van der Waals surface area contributed by atoms with Crippen molar-refractivity contribution in [1.29, 1.82) is 0 Å². The summed E-state index contributed by atoms with van der Waals surface area (Å²) in [5.74, 6) is -1.14. The highest BCUT2D eigenvalue weighted by molar-refractivity contribution is 5.76. The van der Waals surface area contributed by atoms with Crippen molar-refractivity contribution < 1.29 is 19.0 Å².